The first-order chi connectivity index (χ1) is 13.2. The van der Waals surface area contributed by atoms with Crippen molar-refractivity contribution in [3.05, 3.63) is 71.0 Å². The van der Waals surface area contributed by atoms with Gasteiger partial charge in [-0.2, -0.15) is 0 Å². The van der Waals surface area contributed by atoms with Crippen LogP contribution in [0.4, 0.5) is 4.39 Å². The summed E-state index contributed by atoms with van der Waals surface area (Å²) in [7, 11) is 0. The topological polar surface area (TPSA) is 23.6 Å². The van der Waals surface area contributed by atoms with Crippen LogP contribution in [0.5, 0.6) is 0 Å². The van der Waals surface area contributed by atoms with E-state index in [4.69, 9.17) is 0 Å². The van der Waals surface area contributed by atoms with Gasteiger partial charge in [-0.05, 0) is 61.7 Å². The summed E-state index contributed by atoms with van der Waals surface area (Å²) in [4.78, 5) is 17.2. The maximum atomic E-state index is 14.0. The van der Waals surface area contributed by atoms with Crippen molar-refractivity contribution in [3.8, 4) is 0 Å². The van der Waals surface area contributed by atoms with Crippen molar-refractivity contribution in [3.63, 3.8) is 0 Å². The number of likely N-dealkylation sites (tertiary alicyclic amines) is 2. The van der Waals surface area contributed by atoms with Gasteiger partial charge in [0.05, 0.1) is 0 Å². The minimum absolute atomic E-state index is 0.0540. The summed E-state index contributed by atoms with van der Waals surface area (Å²) in [6.07, 6.45) is 4.73. The van der Waals surface area contributed by atoms with Crippen molar-refractivity contribution in [2.24, 2.45) is 0 Å². The van der Waals surface area contributed by atoms with Crippen LogP contribution in [-0.2, 0) is 6.54 Å². The smallest absolute Gasteiger partial charge is 0.253 e. The third-order valence-corrected chi connectivity index (χ3v) is 5.88. The number of hydrogen-bond acceptors (Lipinski definition) is 2. The Morgan fingerprint density at radius 3 is 2.44 bits per heavy atom. The van der Waals surface area contributed by atoms with Crippen molar-refractivity contribution in [1.82, 2.24) is 9.80 Å². The zero-order valence-corrected chi connectivity index (χ0v) is 15.7. The largest absolute Gasteiger partial charge is 0.338 e. The third-order valence-electron chi connectivity index (χ3n) is 5.88. The van der Waals surface area contributed by atoms with Crippen LogP contribution in [0.25, 0.3) is 0 Å². The van der Waals surface area contributed by atoms with Crippen molar-refractivity contribution in [2.45, 2.75) is 38.1 Å². The van der Waals surface area contributed by atoms with Gasteiger partial charge in [-0.15, -0.1) is 0 Å². The molecule has 4 heteroatoms. The second kappa shape index (κ2) is 8.22. The summed E-state index contributed by atoms with van der Waals surface area (Å²) in [6, 6.07) is 14.9. The molecule has 3 nitrogen and oxygen atoms in total. The maximum Gasteiger partial charge on any atom is 0.253 e. The first kappa shape index (κ1) is 18.2. The van der Waals surface area contributed by atoms with E-state index in [1.54, 1.807) is 6.07 Å². The summed E-state index contributed by atoms with van der Waals surface area (Å²) in [5, 5.41) is 0. The molecule has 0 aromatic heterocycles. The van der Waals surface area contributed by atoms with Crippen molar-refractivity contribution in [2.75, 3.05) is 26.2 Å². The SMILES string of the molecule is O=C(c1ccc(CN2CCCCC2)cc1)N1CCC(c2ccccc2F)C1. The molecule has 1 amide bonds. The van der Waals surface area contributed by atoms with Gasteiger partial charge in [0.15, 0.2) is 0 Å². The lowest BCUT2D eigenvalue weighted by atomic mass is 9.98. The molecule has 2 heterocycles. The van der Waals surface area contributed by atoms with Gasteiger partial charge >= 0.3 is 0 Å². The molecule has 2 aromatic rings. The van der Waals surface area contributed by atoms with E-state index in [9.17, 15) is 9.18 Å². The molecule has 2 aliphatic rings. The molecule has 0 saturated carbocycles. The fraction of sp³-hybridized carbons (Fsp3) is 0.435. The van der Waals surface area contributed by atoms with Crippen LogP contribution >= 0.6 is 0 Å². The molecule has 2 aromatic carbocycles. The molecular weight excluding hydrogens is 339 g/mol. The zero-order chi connectivity index (χ0) is 18.6. The molecule has 0 N–H and O–H groups in total. The Hall–Kier alpha value is -2.20. The van der Waals surface area contributed by atoms with Crippen molar-refractivity contribution in [1.29, 1.82) is 0 Å². The van der Waals surface area contributed by atoms with Gasteiger partial charge in [0, 0.05) is 31.1 Å². The number of amides is 1. The van der Waals surface area contributed by atoms with Gasteiger partial charge in [-0.25, -0.2) is 4.39 Å². The van der Waals surface area contributed by atoms with E-state index >= 15 is 0 Å². The highest BCUT2D eigenvalue weighted by molar-refractivity contribution is 5.94. The zero-order valence-electron chi connectivity index (χ0n) is 15.7. The normalized spacial score (nSPS) is 20.8. The molecular formula is C23H27FN2O. The van der Waals surface area contributed by atoms with Gasteiger partial charge < -0.3 is 4.90 Å². The van der Waals surface area contributed by atoms with E-state index in [2.05, 4.69) is 17.0 Å². The van der Waals surface area contributed by atoms with Crippen molar-refractivity contribution >= 4 is 5.91 Å². The number of hydrogen-bond donors (Lipinski definition) is 0. The van der Waals surface area contributed by atoms with E-state index in [0.717, 1.165) is 24.1 Å². The van der Waals surface area contributed by atoms with Gasteiger partial charge in [0.1, 0.15) is 5.82 Å². The lowest BCUT2D eigenvalue weighted by Crippen LogP contribution is -2.29. The van der Waals surface area contributed by atoms with Gasteiger partial charge in [-0.1, -0.05) is 36.8 Å². The minimum atomic E-state index is -0.168. The van der Waals surface area contributed by atoms with Crippen LogP contribution in [0, 0.1) is 5.82 Å². The second-order valence-corrected chi connectivity index (χ2v) is 7.79. The molecule has 142 valence electrons. The lowest BCUT2D eigenvalue weighted by Gasteiger charge is -2.26. The Morgan fingerprint density at radius 1 is 0.963 bits per heavy atom. The summed E-state index contributed by atoms with van der Waals surface area (Å²) in [5.41, 5.74) is 2.72. The van der Waals surface area contributed by atoms with E-state index < -0.39 is 0 Å². The first-order valence-corrected chi connectivity index (χ1v) is 10.1. The van der Waals surface area contributed by atoms with Crippen LogP contribution in [-0.4, -0.2) is 41.9 Å². The number of benzene rings is 2. The standard InChI is InChI=1S/C23H27FN2O/c24-22-7-3-2-6-21(22)20-12-15-26(17-20)23(27)19-10-8-18(9-11-19)16-25-13-4-1-5-14-25/h2-3,6-11,20H,1,4-5,12-17H2. The molecule has 1 unspecified atom stereocenters. The maximum absolute atomic E-state index is 14.0. The van der Waals surface area contributed by atoms with Gasteiger partial charge in [-0.3, -0.25) is 9.69 Å². The molecule has 0 aliphatic carbocycles. The van der Waals surface area contributed by atoms with Crippen LogP contribution < -0.4 is 0 Å². The van der Waals surface area contributed by atoms with E-state index in [0.29, 0.717) is 13.1 Å². The minimum Gasteiger partial charge on any atom is -0.338 e. The molecule has 0 bridgehead atoms. The Bertz CT molecular complexity index is 783. The Kier molecular flexibility index (Phi) is 5.53. The number of nitrogens with zero attached hydrogens (tertiary/aromatic N) is 2. The predicted molar refractivity (Wildman–Crippen MR) is 105 cm³/mol. The molecule has 2 aliphatic heterocycles. The summed E-state index contributed by atoms with van der Waals surface area (Å²) in [5.74, 6) is -0.0225. The molecule has 27 heavy (non-hydrogen) atoms. The highest BCUT2D eigenvalue weighted by Gasteiger charge is 2.29. The fourth-order valence-corrected chi connectivity index (χ4v) is 4.32. The Morgan fingerprint density at radius 2 is 1.70 bits per heavy atom. The second-order valence-electron chi connectivity index (χ2n) is 7.79. The number of carbonyl (C=O) groups excluding carboxylic acids is 1. The van der Waals surface area contributed by atoms with Crippen LogP contribution in [0.2, 0.25) is 0 Å². The Balaban J connectivity index is 1.37. The molecule has 4 rings (SSSR count). The van der Waals surface area contributed by atoms with Gasteiger partial charge in [0.25, 0.3) is 5.91 Å². The van der Waals surface area contributed by atoms with Crippen molar-refractivity contribution < 1.29 is 9.18 Å². The third kappa shape index (κ3) is 4.22. The number of halogens is 1. The molecule has 0 spiro atoms. The summed E-state index contributed by atoms with van der Waals surface area (Å²) in [6.45, 7) is 4.59. The number of piperidine rings is 1. The molecule has 2 saturated heterocycles. The summed E-state index contributed by atoms with van der Waals surface area (Å²) < 4.78 is 14.0. The predicted octanol–water partition coefficient (Wildman–Crippen LogP) is 4.44. The number of carbonyl (C=O) groups is 1. The molecule has 2 fully saturated rings. The Labute approximate surface area is 160 Å². The highest BCUT2D eigenvalue weighted by Crippen LogP contribution is 2.29. The van der Waals surface area contributed by atoms with E-state index in [-0.39, 0.29) is 17.6 Å². The average Bonchev–Trinajstić information content (AvgIpc) is 3.19. The quantitative estimate of drug-likeness (QED) is 0.799. The first-order valence-electron chi connectivity index (χ1n) is 10.1. The lowest BCUT2D eigenvalue weighted by molar-refractivity contribution is 0.0790. The number of rotatable bonds is 4. The average molecular weight is 366 g/mol. The fourth-order valence-electron chi connectivity index (χ4n) is 4.32. The van der Waals surface area contributed by atoms with Crippen LogP contribution in [0.1, 0.15) is 53.1 Å². The summed E-state index contributed by atoms with van der Waals surface area (Å²) >= 11 is 0. The van der Waals surface area contributed by atoms with E-state index in [1.807, 2.05) is 29.2 Å². The monoisotopic (exact) mass is 366 g/mol. The van der Waals surface area contributed by atoms with Crippen LogP contribution in [0.15, 0.2) is 48.5 Å². The highest BCUT2D eigenvalue weighted by atomic mass is 19.1. The molecule has 1 atom stereocenters. The van der Waals surface area contributed by atoms with E-state index in [1.165, 1.54) is 44.0 Å². The van der Waals surface area contributed by atoms with Gasteiger partial charge in [0.2, 0.25) is 0 Å². The van der Waals surface area contributed by atoms with Crippen LogP contribution in [0.3, 0.4) is 0 Å². The molecule has 0 radical (unpaired) electrons.